The first-order valence-corrected chi connectivity index (χ1v) is 9.22. The zero-order valence-corrected chi connectivity index (χ0v) is 15.0. The largest absolute Gasteiger partial charge is 0.463 e. The molecule has 1 fully saturated rings. The summed E-state index contributed by atoms with van der Waals surface area (Å²) in [7, 11) is 0. The van der Waals surface area contributed by atoms with Gasteiger partial charge in [0.15, 0.2) is 0 Å². The van der Waals surface area contributed by atoms with Gasteiger partial charge in [0.2, 0.25) is 0 Å². The highest BCUT2D eigenvalue weighted by Crippen LogP contribution is 2.35. The molecule has 0 atom stereocenters. The van der Waals surface area contributed by atoms with Gasteiger partial charge in [0.05, 0.1) is 18.8 Å². The van der Waals surface area contributed by atoms with Gasteiger partial charge >= 0.3 is 11.9 Å². The van der Waals surface area contributed by atoms with E-state index < -0.39 is 0 Å². The molecule has 0 aliphatic heterocycles. The Bertz CT molecular complexity index is 406. The molecule has 0 unspecified atom stereocenters. The summed E-state index contributed by atoms with van der Waals surface area (Å²) in [6, 6.07) is 0. The summed E-state index contributed by atoms with van der Waals surface area (Å²) < 4.78 is 10.5. The fourth-order valence-electron chi connectivity index (χ4n) is 3.25. The Morgan fingerprint density at radius 2 is 1.48 bits per heavy atom. The summed E-state index contributed by atoms with van der Waals surface area (Å²) in [5.74, 6) is -0.503. The van der Waals surface area contributed by atoms with Gasteiger partial charge in [-0.1, -0.05) is 39.0 Å². The van der Waals surface area contributed by atoms with E-state index in [9.17, 15) is 9.59 Å². The van der Waals surface area contributed by atoms with Gasteiger partial charge in [-0.2, -0.15) is 0 Å². The van der Waals surface area contributed by atoms with Gasteiger partial charge < -0.3 is 9.47 Å². The van der Waals surface area contributed by atoms with Crippen LogP contribution in [0.15, 0.2) is 11.1 Å². The Morgan fingerprint density at radius 1 is 0.870 bits per heavy atom. The molecule has 0 aromatic heterocycles. The van der Waals surface area contributed by atoms with Gasteiger partial charge in [-0.25, -0.2) is 9.59 Å². The molecule has 0 bridgehead atoms. The van der Waals surface area contributed by atoms with Crippen molar-refractivity contribution in [1.29, 1.82) is 0 Å². The Hall–Kier alpha value is -1.32. The van der Waals surface area contributed by atoms with E-state index in [0.29, 0.717) is 30.8 Å². The summed E-state index contributed by atoms with van der Waals surface area (Å²) in [6.45, 7) is 6.42. The van der Waals surface area contributed by atoms with Crippen LogP contribution in [0.2, 0.25) is 0 Å². The number of hydrogen-bond acceptors (Lipinski definition) is 4. The summed E-state index contributed by atoms with van der Waals surface area (Å²) in [6.07, 6.45) is 9.04. The predicted octanol–water partition coefficient (Wildman–Crippen LogP) is 4.57. The molecule has 1 aliphatic rings. The van der Waals surface area contributed by atoms with Crippen LogP contribution in [0.3, 0.4) is 0 Å². The van der Waals surface area contributed by atoms with E-state index >= 15 is 0 Å². The minimum absolute atomic E-state index is 0.152. The molecule has 0 spiro atoms. The van der Waals surface area contributed by atoms with Crippen LogP contribution in [-0.4, -0.2) is 25.2 Å². The van der Waals surface area contributed by atoms with Crippen LogP contribution >= 0.6 is 0 Å². The predicted molar refractivity (Wildman–Crippen MR) is 91.0 cm³/mol. The van der Waals surface area contributed by atoms with Crippen molar-refractivity contribution in [3.05, 3.63) is 11.1 Å². The third-order valence-electron chi connectivity index (χ3n) is 4.39. The van der Waals surface area contributed by atoms with Crippen molar-refractivity contribution in [2.45, 2.75) is 78.6 Å². The van der Waals surface area contributed by atoms with Gasteiger partial charge in [0.25, 0.3) is 0 Å². The van der Waals surface area contributed by atoms with Crippen LogP contribution in [0.4, 0.5) is 0 Å². The van der Waals surface area contributed by atoms with E-state index in [2.05, 4.69) is 6.92 Å². The van der Waals surface area contributed by atoms with Crippen LogP contribution in [0.1, 0.15) is 78.6 Å². The lowest BCUT2D eigenvalue weighted by Crippen LogP contribution is -2.21. The smallest absolute Gasteiger partial charge is 0.334 e. The Morgan fingerprint density at radius 3 is 2.04 bits per heavy atom. The molecule has 0 N–H and O–H groups in total. The van der Waals surface area contributed by atoms with Crippen molar-refractivity contribution in [3.8, 4) is 0 Å². The fraction of sp³-hybridized carbons (Fsp3) is 0.789. The lowest BCUT2D eigenvalue weighted by atomic mass is 9.90. The second kappa shape index (κ2) is 11.3. The Labute approximate surface area is 140 Å². The Kier molecular flexibility index (Phi) is 9.65. The van der Waals surface area contributed by atoms with E-state index in [-0.39, 0.29) is 17.9 Å². The van der Waals surface area contributed by atoms with Crippen molar-refractivity contribution in [2.75, 3.05) is 13.2 Å². The van der Waals surface area contributed by atoms with E-state index in [1.807, 2.05) is 0 Å². The van der Waals surface area contributed by atoms with Crippen LogP contribution in [-0.2, 0) is 19.1 Å². The SMILES string of the molecule is CCCCCCC(C(=O)OCC)=C(C(=O)OCC)C1CCCC1. The van der Waals surface area contributed by atoms with Crippen LogP contribution in [0, 0.1) is 5.92 Å². The molecule has 0 saturated heterocycles. The van der Waals surface area contributed by atoms with Crippen molar-refractivity contribution < 1.29 is 19.1 Å². The first kappa shape index (κ1) is 19.7. The minimum Gasteiger partial charge on any atom is -0.463 e. The maximum Gasteiger partial charge on any atom is 0.334 e. The monoisotopic (exact) mass is 324 g/mol. The van der Waals surface area contributed by atoms with Gasteiger partial charge in [0.1, 0.15) is 0 Å². The van der Waals surface area contributed by atoms with E-state index in [4.69, 9.17) is 9.47 Å². The average molecular weight is 324 g/mol. The molecule has 0 aromatic rings. The molecular formula is C19H32O4. The molecule has 0 amide bonds. The highest BCUT2D eigenvalue weighted by molar-refractivity contribution is 6.00. The quantitative estimate of drug-likeness (QED) is 0.335. The molecule has 0 radical (unpaired) electrons. The molecule has 23 heavy (non-hydrogen) atoms. The molecular weight excluding hydrogens is 292 g/mol. The van der Waals surface area contributed by atoms with Gasteiger partial charge in [0, 0.05) is 5.57 Å². The van der Waals surface area contributed by atoms with Crippen molar-refractivity contribution in [3.63, 3.8) is 0 Å². The molecule has 1 saturated carbocycles. The van der Waals surface area contributed by atoms with E-state index in [0.717, 1.165) is 51.4 Å². The summed E-state index contributed by atoms with van der Waals surface area (Å²) in [4.78, 5) is 24.9. The lowest BCUT2D eigenvalue weighted by Gasteiger charge is -2.18. The summed E-state index contributed by atoms with van der Waals surface area (Å²) in [5.41, 5.74) is 1.16. The van der Waals surface area contributed by atoms with E-state index in [1.54, 1.807) is 13.8 Å². The Balaban J connectivity index is 3.04. The van der Waals surface area contributed by atoms with Crippen molar-refractivity contribution in [2.24, 2.45) is 5.92 Å². The highest BCUT2D eigenvalue weighted by atomic mass is 16.5. The molecule has 132 valence electrons. The topological polar surface area (TPSA) is 52.6 Å². The molecule has 1 aliphatic carbocycles. The van der Waals surface area contributed by atoms with Crippen molar-refractivity contribution in [1.82, 2.24) is 0 Å². The standard InChI is InChI=1S/C19H32O4/c1-4-7-8-9-14-16(18(20)22-5-2)17(19(21)23-6-3)15-12-10-11-13-15/h15H,4-14H2,1-3H3. The number of hydrogen-bond donors (Lipinski definition) is 0. The average Bonchev–Trinajstić information content (AvgIpc) is 3.04. The number of carbonyl (C=O) groups is 2. The minimum atomic E-state index is -0.334. The third-order valence-corrected chi connectivity index (χ3v) is 4.39. The van der Waals surface area contributed by atoms with Crippen LogP contribution in [0.25, 0.3) is 0 Å². The molecule has 1 rings (SSSR count). The number of unbranched alkanes of at least 4 members (excludes halogenated alkanes) is 3. The normalized spacial score (nSPS) is 16.1. The molecule has 0 aromatic carbocycles. The van der Waals surface area contributed by atoms with Crippen LogP contribution < -0.4 is 0 Å². The number of carbonyl (C=O) groups excluding carboxylic acids is 2. The molecule has 4 heteroatoms. The van der Waals surface area contributed by atoms with Crippen LogP contribution in [0.5, 0.6) is 0 Å². The van der Waals surface area contributed by atoms with Crippen molar-refractivity contribution >= 4 is 11.9 Å². The zero-order valence-electron chi connectivity index (χ0n) is 15.0. The third kappa shape index (κ3) is 6.36. The van der Waals surface area contributed by atoms with Gasteiger partial charge in [-0.3, -0.25) is 0 Å². The van der Waals surface area contributed by atoms with E-state index in [1.165, 1.54) is 0 Å². The molecule has 4 nitrogen and oxygen atoms in total. The second-order valence-corrected chi connectivity index (χ2v) is 6.13. The fourth-order valence-corrected chi connectivity index (χ4v) is 3.25. The highest BCUT2D eigenvalue weighted by Gasteiger charge is 2.31. The first-order valence-electron chi connectivity index (χ1n) is 9.22. The zero-order chi connectivity index (χ0) is 17.1. The number of ether oxygens (including phenoxy) is 2. The van der Waals surface area contributed by atoms with Gasteiger partial charge in [-0.05, 0) is 45.4 Å². The summed E-state index contributed by atoms with van der Waals surface area (Å²) >= 11 is 0. The van der Waals surface area contributed by atoms with Gasteiger partial charge in [-0.15, -0.1) is 0 Å². The first-order chi connectivity index (χ1) is 11.2. The number of rotatable bonds is 10. The second-order valence-electron chi connectivity index (χ2n) is 6.13. The lowest BCUT2D eigenvalue weighted by molar-refractivity contribution is -0.142. The maximum atomic E-state index is 12.5. The number of esters is 2. The maximum absolute atomic E-state index is 12.5. The molecule has 0 heterocycles. The summed E-state index contributed by atoms with van der Waals surface area (Å²) in [5, 5.41) is 0.